The number of likely N-dealkylation sites (tertiary alicyclic amines) is 1. The fraction of sp³-hybridized carbons (Fsp3) is 0.412. The molecule has 1 aliphatic heterocycles. The molecule has 23 heavy (non-hydrogen) atoms. The first-order chi connectivity index (χ1) is 11.2. The number of fused-ring (bicyclic) bond motifs is 1. The van der Waals surface area contributed by atoms with Crippen molar-refractivity contribution in [2.75, 3.05) is 26.7 Å². The zero-order valence-electron chi connectivity index (χ0n) is 13.5. The molecule has 1 atom stereocenters. The number of hydrogen-bond donors (Lipinski definition) is 0. The van der Waals surface area contributed by atoms with Crippen LogP contribution in [0.2, 0.25) is 0 Å². The van der Waals surface area contributed by atoms with Gasteiger partial charge in [-0.05, 0) is 38.2 Å². The smallest absolute Gasteiger partial charge is 0.165 e. The number of aryl methyl sites for hydroxylation is 1. The number of nitrogens with zero attached hydrogens (tertiary/aromatic N) is 5. The zero-order chi connectivity index (χ0) is 15.8. The van der Waals surface area contributed by atoms with Gasteiger partial charge in [-0.1, -0.05) is 0 Å². The number of hydrogen-bond acceptors (Lipinski definition) is 4. The lowest BCUT2D eigenvalue weighted by Gasteiger charge is -2.13. The van der Waals surface area contributed by atoms with Crippen LogP contribution in [0.4, 0.5) is 0 Å². The molecule has 6 heteroatoms. The molecule has 0 bridgehead atoms. The second-order valence-electron chi connectivity index (χ2n) is 6.33. The molecule has 1 fully saturated rings. The molecule has 6 nitrogen and oxygen atoms in total. The van der Waals surface area contributed by atoms with Crippen molar-refractivity contribution < 1.29 is 4.74 Å². The molecule has 4 heterocycles. The molecule has 0 N–H and O–H groups in total. The maximum atomic E-state index is 6.11. The van der Waals surface area contributed by atoms with Gasteiger partial charge < -0.3 is 9.64 Å². The minimum absolute atomic E-state index is 0.602. The van der Waals surface area contributed by atoms with E-state index in [4.69, 9.17) is 4.74 Å². The summed E-state index contributed by atoms with van der Waals surface area (Å²) in [5.74, 6) is 1.45. The number of pyridine rings is 1. The van der Waals surface area contributed by atoms with E-state index in [9.17, 15) is 0 Å². The summed E-state index contributed by atoms with van der Waals surface area (Å²) >= 11 is 0. The molecular weight excluding hydrogens is 290 g/mol. The Morgan fingerprint density at radius 3 is 3.00 bits per heavy atom. The maximum Gasteiger partial charge on any atom is 0.165 e. The first kappa shape index (κ1) is 14.3. The SMILES string of the molecule is CN1CC[C@@H](COc2cnn(C)c2-c2ccn3nccc3c2)C1. The van der Waals surface area contributed by atoms with Gasteiger partial charge in [-0.2, -0.15) is 10.2 Å². The molecule has 3 aromatic rings. The Hall–Kier alpha value is -2.34. The molecule has 0 spiro atoms. The fourth-order valence-corrected chi connectivity index (χ4v) is 3.29. The predicted molar refractivity (Wildman–Crippen MR) is 88.5 cm³/mol. The summed E-state index contributed by atoms with van der Waals surface area (Å²) in [6.07, 6.45) is 6.78. The van der Waals surface area contributed by atoms with Gasteiger partial charge >= 0.3 is 0 Å². The molecule has 0 saturated carbocycles. The fourth-order valence-electron chi connectivity index (χ4n) is 3.29. The molecule has 120 valence electrons. The average molecular weight is 311 g/mol. The first-order valence-electron chi connectivity index (χ1n) is 7.98. The van der Waals surface area contributed by atoms with E-state index in [0.717, 1.165) is 42.2 Å². The molecule has 0 aromatic carbocycles. The van der Waals surface area contributed by atoms with Crippen molar-refractivity contribution in [1.29, 1.82) is 0 Å². The van der Waals surface area contributed by atoms with Gasteiger partial charge in [0, 0.05) is 37.5 Å². The van der Waals surface area contributed by atoms with E-state index >= 15 is 0 Å². The Morgan fingerprint density at radius 2 is 2.17 bits per heavy atom. The summed E-state index contributed by atoms with van der Waals surface area (Å²) in [5.41, 5.74) is 3.17. The highest BCUT2D eigenvalue weighted by Gasteiger charge is 2.21. The van der Waals surface area contributed by atoms with Crippen LogP contribution in [0.25, 0.3) is 16.8 Å². The summed E-state index contributed by atoms with van der Waals surface area (Å²) in [6, 6.07) is 6.15. The van der Waals surface area contributed by atoms with E-state index in [1.807, 2.05) is 40.8 Å². The van der Waals surface area contributed by atoms with E-state index in [0.29, 0.717) is 5.92 Å². The third kappa shape index (κ3) is 2.70. The van der Waals surface area contributed by atoms with Gasteiger partial charge in [0.2, 0.25) is 0 Å². The van der Waals surface area contributed by atoms with Crippen molar-refractivity contribution in [3.63, 3.8) is 0 Å². The topological polar surface area (TPSA) is 47.6 Å². The van der Waals surface area contributed by atoms with Crippen LogP contribution < -0.4 is 4.74 Å². The molecular formula is C17H21N5O. The second-order valence-corrected chi connectivity index (χ2v) is 6.33. The Balaban J connectivity index is 1.59. The van der Waals surface area contributed by atoms with E-state index in [-0.39, 0.29) is 0 Å². The maximum absolute atomic E-state index is 6.11. The van der Waals surface area contributed by atoms with Crippen molar-refractivity contribution in [1.82, 2.24) is 24.3 Å². The lowest BCUT2D eigenvalue weighted by molar-refractivity contribution is 0.250. The van der Waals surface area contributed by atoms with Crippen molar-refractivity contribution in [3.8, 4) is 17.0 Å². The molecule has 0 amide bonds. The van der Waals surface area contributed by atoms with Crippen LogP contribution in [-0.2, 0) is 7.05 Å². The second kappa shape index (κ2) is 5.70. The van der Waals surface area contributed by atoms with E-state index in [1.165, 1.54) is 6.42 Å². The molecule has 0 aliphatic carbocycles. The van der Waals surface area contributed by atoms with Crippen LogP contribution in [0, 0.1) is 5.92 Å². The average Bonchev–Trinajstić information content (AvgIpc) is 3.24. The lowest BCUT2D eigenvalue weighted by Crippen LogP contribution is -2.18. The highest BCUT2D eigenvalue weighted by atomic mass is 16.5. The minimum atomic E-state index is 0.602. The molecule has 0 radical (unpaired) electrons. The number of aromatic nitrogens is 4. The normalized spacial score (nSPS) is 18.8. The Kier molecular flexibility index (Phi) is 3.53. The summed E-state index contributed by atoms with van der Waals surface area (Å²) in [5, 5.41) is 8.62. The Morgan fingerprint density at radius 1 is 1.26 bits per heavy atom. The lowest BCUT2D eigenvalue weighted by atomic mass is 10.1. The number of ether oxygens (including phenoxy) is 1. The van der Waals surface area contributed by atoms with Gasteiger partial charge in [0.25, 0.3) is 0 Å². The van der Waals surface area contributed by atoms with E-state index in [1.54, 1.807) is 6.20 Å². The molecule has 1 saturated heterocycles. The molecule has 3 aromatic heterocycles. The van der Waals surface area contributed by atoms with Crippen molar-refractivity contribution in [2.24, 2.45) is 13.0 Å². The van der Waals surface area contributed by atoms with Crippen LogP contribution >= 0.6 is 0 Å². The molecule has 1 aliphatic rings. The Bertz CT molecular complexity index is 821. The van der Waals surface area contributed by atoms with Crippen molar-refractivity contribution in [2.45, 2.75) is 6.42 Å². The van der Waals surface area contributed by atoms with Gasteiger partial charge in [-0.25, -0.2) is 4.52 Å². The van der Waals surface area contributed by atoms with Gasteiger partial charge in [0.1, 0.15) is 5.69 Å². The quantitative estimate of drug-likeness (QED) is 0.740. The van der Waals surface area contributed by atoms with Crippen LogP contribution in [0.3, 0.4) is 0 Å². The summed E-state index contributed by atoms with van der Waals surface area (Å²) in [4.78, 5) is 2.35. The van der Waals surface area contributed by atoms with E-state index < -0.39 is 0 Å². The highest BCUT2D eigenvalue weighted by molar-refractivity contribution is 5.70. The third-order valence-corrected chi connectivity index (χ3v) is 4.54. The van der Waals surface area contributed by atoms with Crippen LogP contribution in [0.5, 0.6) is 5.75 Å². The van der Waals surface area contributed by atoms with Crippen molar-refractivity contribution >= 4 is 5.52 Å². The summed E-state index contributed by atoms with van der Waals surface area (Å²) in [6.45, 7) is 3.02. The van der Waals surface area contributed by atoms with Crippen LogP contribution in [0.15, 0.2) is 36.8 Å². The van der Waals surface area contributed by atoms with Crippen LogP contribution in [-0.4, -0.2) is 51.0 Å². The van der Waals surface area contributed by atoms with Crippen molar-refractivity contribution in [3.05, 3.63) is 36.8 Å². The van der Waals surface area contributed by atoms with Gasteiger partial charge in [-0.3, -0.25) is 4.68 Å². The third-order valence-electron chi connectivity index (χ3n) is 4.54. The van der Waals surface area contributed by atoms with Gasteiger partial charge in [-0.15, -0.1) is 0 Å². The standard InChI is InChI=1S/C17H21N5O/c1-20-7-4-13(11-20)12-23-16-10-19-21(2)17(16)14-5-8-22-15(9-14)3-6-18-22/h3,5-6,8-10,13H,4,7,11-12H2,1-2H3/t13-/m1/s1. The zero-order valence-corrected chi connectivity index (χ0v) is 13.5. The van der Waals surface area contributed by atoms with Crippen LogP contribution in [0.1, 0.15) is 6.42 Å². The Labute approximate surface area is 135 Å². The molecule has 0 unspecified atom stereocenters. The monoisotopic (exact) mass is 311 g/mol. The number of rotatable bonds is 4. The highest BCUT2D eigenvalue weighted by Crippen LogP contribution is 2.30. The summed E-state index contributed by atoms with van der Waals surface area (Å²) in [7, 11) is 4.11. The largest absolute Gasteiger partial charge is 0.489 e. The van der Waals surface area contributed by atoms with Gasteiger partial charge in [0.15, 0.2) is 5.75 Å². The first-order valence-corrected chi connectivity index (χ1v) is 7.98. The minimum Gasteiger partial charge on any atom is -0.489 e. The van der Waals surface area contributed by atoms with Gasteiger partial charge in [0.05, 0.1) is 18.3 Å². The summed E-state index contributed by atoms with van der Waals surface area (Å²) < 4.78 is 9.83. The predicted octanol–water partition coefficient (Wildman–Crippen LogP) is 2.07. The molecule has 4 rings (SSSR count). The van der Waals surface area contributed by atoms with E-state index in [2.05, 4.69) is 28.2 Å².